The Balaban J connectivity index is 2.12. The quantitative estimate of drug-likeness (QED) is 0.789. The lowest BCUT2D eigenvalue weighted by atomic mass is 9.93. The van der Waals surface area contributed by atoms with Crippen LogP contribution in [-0.2, 0) is 16.8 Å². The Bertz CT molecular complexity index is 315. The molecule has 0 aliphatic carbocycles. The lowest BCUT2D eigenvalue weighted by Crippen LogP contribution is -2.30. The minimum atomic E-state index is -0.169. The average molecular weight is 209 g/mol. The highest BCUT2D eigenvalue weighted by atomic mass is 16.5. The summed E-state index contributed by atoms with van der Waals surface area (Å²) < 4.78 is 5.84. The minimum Gasteiger partial charge on any atom is -0.369 e. The van der Waals surface area contributed by atoms with E-state index >= 15 is 0 Å². The van der Waals surface area contributed by atoms with E-state index in [-0.39, 0.29) is 5.60 Å². The van der Waals surface area contributed by atoms with Crippen LogP contribution in [0.2, 0.25) is 0 Å². The molecule has 84 valence electrons. The molecule has 2 heterocycles. The molecule has 0 saturated carbocycles. The summed E-state index contributed by atoms with van der Waals surface area (Å²) in [4.78, 5) is 7.62. The van der Waals surface area contributed by atoms with E-state index in [9.17, 15) is 0 Å². The van der Waals surface area contributed by atoms with Crippen molar-refractivity contribution in [2.24, 2.45) is 5.73 Å². The summed E-state index contributed by atoms with van der Waals surface area (Å²) in [5.74, 6) is 0.961. The zero-order valence-corrected chi connectivity index (χ0v) is 9.25. The van der Waals surface area contributed by atoms with Crippen molar-refractivity contribution in [2.45, 2.75) is 38.2 Å². The Kier molecular flexibility index (Phi) is 3.07. The molecular formula is C11H19N3O. The molecule has 3 N–H and O–H groups in total. The van der Waals surface area contributed by atoms with Gasteiger partial charge in [0.05, 0.1) is 11.9 Å². The molecule has 1 fully saturated rings. The van der Waals surface area contributed by atoms with Gasteiger partial charge in [0.15, 0.2) is 0 Å². The number of hydrogen-bond acceptors (Lipinski definition) is 3. The van der Waals surface area contributed by atoms with Gasteiger partial charge in [0, 0.05) is 13.0 Å². The fourth-order valence-electron chi connectivity index (χ4n) is 2.04. The summed E-state index contributed by atoms with van der Waals surface area (Å²) >= 11 is 0. The van der Waals surface area contributed by atoms with Crippen molar-refractivity contribution in [1.82, 2.24) is 9.97 Å². The molecule has 2 rings (SSSR count). The van der Waals surface area contributed by atoms with E-state index in [1.165, 1.54) is 12.8 Å². The van der Waals surface area contributed by atoms with Gasteiger partial charge in [-0.2, -0.15) is 0 Å². The van der Waals surface area contributed by atoms with Gasteiger partial charge in [-0.05, 0) is 32.7 Å². The van der Waals surface area contributed by atoms with Crippen LogP contribution in [-0.4, -0.2) is 23.1 Å². The van der Waals surface area contributed by atoms with E-state index in [0.29, 0.717) is 6.54 Å². The molecule has 1 aromatic rings. The van der Waals surface area contributed by atoms with E-state index < -0.39 is 0 Å². The number of H-pyrrole nitrogens is 1. The molecule has 4 nitrogen and oxygen atoms in total. The van der Waals surface area contributed by atoms with Crippen LogP contribution in [0.3, 0.4) is 0 Å². The molecule has 1 aromatic heterocycles. The highest BCUT2D eigenvalue weighted by molar-refractivity contribution is 5.11. The third-order valence-corrected chi connectivity index (χ3v) is 3.05. The maximum absolute atomic E-state index is 5.84. The summed E-state index contributed by atoms with van der Waals surface area (Å²) in [5.41, 5.74) is 6.41. The van der Waals surface area contributed by atoms with Gasteiger partial charge in [-0.15, -0.1) is 0 Å². The van der Waals surface area contributed by atoms with E-state index in [1.54, 1.807) is 0 Å². The molecule has 1 saturated heterocycles. The summed E-state index contributed by atoms with van der Waals surface area (Å²) in [6, 6.07) is 0. The van der Waals surface area contributed by atoms with Crippen molar-refractivity contribution in [2.75, 3.05) is 13.2 Å². The summed E-state index contributed by atoms with van der Waals surface area (Å²) in [7, 11) is 0. The largest absolute Gasteiger partial charge is 0.369 e. The van der Waals surface area contributed by atoms with Crippen molar-refractivity contribution in [3.05, 3.63) is 17.7 Å². The smallest absolute Gasteiger partial charge is 0.107 e. The van der Waals surface area contributed by atoms with Crippen LogP contribution in [0.5, 0.6) is 0 Å². The first-order chi connectivity index (χ1) is 7.24. The number of aromatic amines is 1. The predicted molar refractivity (Wildman–Crippen MR) is 58.5 cm³/mol. The van der Waals surface area contributed by atoms with Gasteiger partial charge in [-0.25, -0.2) is 4.98 Å². The first-order valence-electron chi connectivity index (χ1n) is 5.63. The Labute approximate surface area is 90.2 Å². The topological polar surface area (TPSA) is 63.9 Å². The van der Waals surface area contributed by atoms with Crippen LogP contribution in [0.15, 0.2) is 6.20 Å². The van der Waals surface area contributed by atoms with Gasteiger partial charge in [0.25, 0.3) is 0 Å². The second-order valence-corrected chi connectivity index (χ2v) is 4.32. The van der Waals surface area contributed by atoms with E-state index in [2.05, 4.69) is 16.9 Å². The molecule has 1 atom stereocenters. The Morgan fingerprint density at radius 1 is 1.60 bits per heavy atom. The molecule has 15 heavy (non-hydrogen) atoms. The summed E-state index contributed by atoms with van der Waals surface area (Å²) in [6.45, 7) is 3.61. The van der Waals surface area contributed by atoms with Gasteiger partial charge in [-0.3, -0.25) is 0 Å². The van der Waals surface area contributed by atoms with Crippen LogP contribution in [0.4, 0.5) is 0 Å². The van der Waals surface area contributed by atoms with Crippen molar-refractivity contribution in [1.29, 1.82) is 0 Å². The Morgan fingerprint density at radius 2 is 2.47 bits per heavy atom. The minimum absolute atomic E-state index is 0.169. The number of ether oxygens (including phenoxy) is 1. The van der Waals surface area contributed by atoms with Crippen LogP contribution in [0.1, 0.15) is 37.7 Å². The summed E-state index contributed by atoms with van der Waals surface area (Å²) in [6.07, 6.45) is 6.14. The molecule has 1 aliphatic rings. The second-order valence-electron chi connectivity index (χ2n) is 4.32. The third-order valence-electron chi connectivity index (χ3n) is 3.05. The van der Waals surface area contributed by atoms with Gasteiger partial charge in [-0.1, -0.05) is 0 Å². The highest BCUT2D eigenvalue weighted by Crippen LogP contribution is 2.33. The number of imidazole rings is 1. The number of nitrogens with zero attached hydrogens (tertiary/aromatic N) is 1. The Morgan fingerprint density at radius 3 is 3.13 bits per heavy atom. The molecule has 1 aliphatic heterocycles. The third kappa shape index (κ3) is 2.21. The van der Waals surface area contributed by atoms with Crippen molar-refractivity contribution in [3.8, 4) is 0 Å². The van der Waals surface area contributed by atoms with Crippen molar-refractivity contribution >= 4 is 0 Å². The highest BCUT2D eigenvalue weighted by Gasteiger charge is 2.31. The van der Waals surface area contributed by atoms with Gasteiger partial charge >= 0.3 is 0 Å². The maximum atomic E-state index is 5.84. The number of nitrogens with one attached hydrogen (secondary N) is 1. The molecule has 0 radical (unpaired) electrons. The Hall–Kier alpha value is -0.870. The van der Waals surface area contributed by atoms with Gasteiger partial charge in [0.1, 0.15) is 11.4 Å². The van der Waals surface area contributed by atoms with Crippen LogP contribution in [0, 0.1) is 0 Å². The van der Waals surface area contributed by atoms with E-state index in [4.69, 9.17) is 10.5 Å². The number of rotatable bonds is 3. The number of aromatic nitrogens is 2. The van der Waals surface area contributed by atoms with Crippen LogP contribution in [0.25, 0.3) is 0 Å². The maximum Gasteiger partial charge on any atom is 0.107 e. The molecule has 0 spiro atoms. The molecular weight excluding hydrogens is 190 g/mol. The van der Waals surface area contributed by atoms with Crippen LogP contribution < -0.4 is 5.73 Å². The zero-order valence-electron chi connectivity index (χ0n) is 9.25. The van der Waals surface area contributed by atoms with Gasteiger partial charge < -0.3 is 15.5 Å². The van der Waals surface area contributed by atoms with Gasteiger partial charge in [0.2, 0.25) is 0 Å². The molecule has 0 aromatic carbocycles. The van der Waals surface area contributed by atoms with E-state index in [0.717, 1.165) is 31.0 Å². The second kappa shape index (κ2) is 4.33. The fraction of sp³-hybridized carbons (Fsp3) is 0.727. The lowest BCUT2D eigenvalue weighted by molar-refractivity contribution is -0.0727. The number of hydrogen-bond donors (Lipinski definition) is 2. The fourth-order valence-corrected chi connectivity index (χ4v) is 2.04. The predicted octanol–water partition coefficient (Wildman–Crippen LogP) is 1.33. The number of nitrogens with two attached hydrogens (primary N) is 1. The first kappa shape index (κ1) is 10.6. The molecule has 4 heteroatoms. The zero-order chi connectivity index (χ0) is 10.7. The lowest BCUT2D eigenvalue weighted by Gasteiger charge is -2.32. The molecule has 0 bridgehead atoms. The first-order valence-corrected chi connectivity index (χ1v) is 5.63. The molecule has 0 amide bonds. The van der Waals surface area contributed by atoms with Crippen molar-refractivity contribution < 1.29 is 4.74 Å². The summed E-state index contributed by atoms with van der Waals surface area (Å²) in [5, 5.41) is 0. The van der Waals surface area contributed by atoms with E-state index in [1.807, 2.05) is 6.20 Å². The average Bonchev–Trinajstić information content (AvgIpc) is 2.69. The standard InChI is InChI=1S/C11H19N3O/c1-11(5-2-3-7-15-11)9-8-13-10(14-9)4-6-12/h8H,2-7,12H2,1H3,(H,13,14). The monoisotopic (exact) mass is 209 g/mol. The van der Waals surface area contributed by atoms with Crippen LogP contribution >= 0.6 is 0 Å². The SMILES string of the molecule is CC1(c2cnc(CCN)[nH]2)CCCCO1. The van der Waals surface area contributed by atoms with Crippen molar-refractivity contribution in [3.63, 3.8) is 0 Å². The normalized spacial score (nSPS) is 26.8. The molecule has 1 unspecified atom stereocenters.